The Labute approximate surface area is 110 Å². The Bertz CT molecular complexity index is 517. The van der Waals surface area contributed by atoms with Crippen LogP contribution < -0.4 is 15.8 Å². The van der Waals surface area contributed by atoms with Gasteiger partial charge < -0.3 is 10.2 Å². The van der Waals surface area contributed by atoms with Crippen LogP contribution in [0.15, 0.2) is 30.3 Å². The molecule has 6 heteroatoms. The monoisotopic (exact) mass is 261 g/mol. The average Bonchev–Trinajstić information content (AvgIpc) is 2.28. The normalized spacial score (nSPS) is 9.37. The second-order valence-corrected chi connectivity index (χ2v) is 3.92. The maximum atomic E-state index is 10.5. The van der Waals surface area contributed by atoms with Crippen molar-refractivity contribution >= 4 is 11.9 Å². The van der Waals surface area contributed by atoms with E-state index in [9.17, 15) is 9.90 Å². The molecule has 0 unspecified atom stereocenters. The standard InChI is InChI=1S/C7H6O3.C6H9N3/c8-6-3-1-5(2-4-6)7(9)10;1-4-3-5(2)9-6(7)8-4/h1-4,8H,(H,9,10);3H,1-2H3,(H2,7,8,9). The molecule has 2 aromatic rings. The number of anilines is 1. The number of aromatic nitrogens is 2. The molecular weight excluding hydrogens is 246 g/mol. The molecule has 0 aliphatic carbocycles. The number of nitrogen functional groups attached to an aromatic ring is 1. The van der Waals surface area contributed by atoms with Gasteiger partial charge in [-0.2, -0.15) is 0 Å². The lowest BCUT2D eigenvalue weighted by molar-refractivity contribution is -0.374. The minimum atomic E-state index is -1.01. The lowest BCUT2D eigenvalue weighted by atomic mass is 10.2. The van der Waals surface area contributed by atoms with E-state index < -0.39 is 5.97 Å². The molecule has 0 aliphatic heterocycles. The van der Waals surface area contributed by atoms with Crippen molar-refractivity contribution in [2.45, 2.75) is 13.8 Å². The molecule has 0 atom stereocenters. The van der Waals surface area contributed by atoms with Gasteiger partial charge in [-0.3, -0.25) is 5.73 Å². The summed E-state index contributed by atoms with van der Waals surface area (Å²) < 4.78 is 0. The fraction of sp³-hybridized carbons (Fsp3) is 0.154. The summed E-state index contributed by atoms with van der Waals surface area (Å²) in [5, 5.41) is 18.8. The quantitative estimate of drug-likeness (QED) is 0.778. The number of rotatable bonds is 1. The van der Waals surface area contributed by atoms with Gasteiger partial charge in [0.25, 0.3) is 0 Å². The summed E-state index contributed by atoms with van der Waals surface area (Å²) in [6.07, 6.45) is 0. The van der Waals surface area contributed by atoms with Crippen LogP contribution >= 0.6 is 0 Å². The molecule has 1 aromatic carbocycles. The molecule has 0 bridgehead atoms. The first-order valence-corrected chi connectivity index (χ1v) is 5.52. The van der Waals surface area contributed by atoms with Crippen molar-refractivity contribution in [3.63, 3.8) is 0 Å². The number of nitrogens with zero attached hydrogens (tertiary/aromatic N) is 1. The Morgan fingerprint density at radius 3 is 2.32 bits per heavy atom. The third kappa shape index (κ3) is 5.03. The molecule has 19 heavy (non-hydrogen) atoms. The van der Waals surface area contributed by atoms with Gasteiger partial charge >= 0.3 is 11.9 Å². The largest absolute Gasteiger partial charge is 0.872 e. The molecule has 0 spiro atoms. The van der Waals surface area contributed by atoms with Gasteiger partial charge in [-0.25, -0.2) is 9.78 Å². The van der Waals surface area contributed by atoms with E-state index in [2.05, 4.69) is 9.97 Å². The molecule has 0 fully saturated rings. The number of carboxylic acids is 1. The Balaban J connectivity index is 0.000000191. The summed E-state index contributed by atoms with van der Waals surface area (Å²) in [4.78, 5) is 17.0. The number of carbonyl (C=O) groups is 1. The van der Waals surface area contributed by atoms with Crippen LogP contribution in [0, 0.1) is 13.8 Å². The highest BCUT2D eigenvalue weighted by Gasteiger charge is 1.98. The number of hydrogen-bond donors (Lipinski definition) is 2. The average molecular weight is 261 g/mol. The molecule has 0 saturated heterocycles. The Morgan fingerprint density at radius 2 is 1.89 bits per heavy atom. The van der Waals surface area contributed by atoms with Gasteiger partial charge in [0.2, 0.25) is 0 Å². The van der Waals surface area contributed by atoms with Gasteiger partial charge in [-0.15, -0.1) is 5.75 Å². The topological polar surface area (TPSA) is 113 Å². The van der Waals surface area contributed by atoms with Gasteiger partial charge in [0.05, 0.1) is 11.3 Å². The third-order valence-electron chi connectivity index (χ3n) is 2.15. The van der Waals surface area contributed by atoms with Crippen LogP contribution in [0.5, 0.6) is 5.75 Å². The summed E-state index contributed by atoms with van der Waals surface area (Å²) in [5.41, 5.74) is 7.52. The molecule has 0 saturated carbocycles. The van der Waals surface area contributed by atoms with Crippen LogP contribution in [0.2, 0.25) is 0 Å². The van der Waals surface area contributed by atoms with Crippen LogP contribution in [0.25, 0.3) is 0 Å². The molecule has 1 aromatic heterocycles. The maximum Gasteiger partial charge on any atom is 0.387 e. The van der Waals surface area contributed by atoms with Crippen molar-refractivity contribution < 1.29 is 20.0 Å². The molecule has 4 N–H and O–H groups in total. The first-order chi connectivity index (χ1) is 8.88. The van der Waals surface area contributed by atoms with E-state index >= 15 is 0 Å². The predicted molar refractivity (Wildman–Crippen MR) is 67.5 cm³/mol. The molecular formula is C13H15N3O3. The Hall–Kier alpha value is -2.63. The van der Waals surface area contributed by atoms with Crippen LogP contribution in [-0.4, -0.2) is 16.1 Å². The first-order valence-electron chi connectivity index (χ1n) is 5.52. The van der Waals surface area contributed by atoms with Crippen LogP contribution in [0.4, 0.5) is 5.95 Å². The van der Waals surface area contributed by atoms with Crippen molar-refractivity contribution in [3.05, 3.63) is 47.3 Å². The molecule has 2 rings (SSSR count). The Kier molecular flexibility index (Phi) is 4.82. The van der Waals surface area contributed by atoms with Crippen LogP contribution in [0.3, 0.4) is 0 Å². The zero-order chi connectivity index (χ0) is 14.4. The highest BCUT2D eigenvalue weighted by Crippen LogP contribution is 2.05. The summed E-state index contributed by atoms with van der Waals surface area (Å²) >= 11 is 0. The summed E-state index contributed by atoms with van der Waals surface area (Å²) in [7, 11) is 0. The molecule has 0 radical (unpaired) electrons. The van der Waals surface area contributed by atoms with E-state index in [0.29, 0.717) is 5.95 Å². The summed E-state index contributed by atoms with van der Waals surface area (Å²) in [6.45, 7) is 3.86. The number of aromatic amines is 1. The van der Waals surface area contributed by atoms with Gasteiger partial charge in [-0.05, 0) is 26.0 Å². The number of aromatic carboxylic acids is 1. The first kappa shape index (κ1) is 14.4. The zero-order valence-electron chi connectivity index (χ0n) is 10.7. The molecule has 1 heterocycles. The van der Waals surface area contributed by atoms with E-state index in [4.69, 9.17) is 10.8 Å². The highest BCUT2D eigenvalue weighted by atomic mass is 16.4. The summed E-state index contributed by atoms with van der Waals surface area (Å²) in [6, 6.07) is 6.96. The minimum absolute atomic E-state index is 0.139. The number of nitrogens with one attached hydrogen (secondary N) is 1. The fourth-order valence-corrected chi connectivity index (χ4v) is 1.40. The number of hydrogen-bond acceptors (Lipinski definition) is 4. The number of H-pyrrole nitrogens is 1. The minimum Gasteiger partial charge on any atom is -0.872 e. The number of carboxylic acid groups (broad SMARTS) is 1. The van der Waals surface area contributed by atoms with Crippen molar-refractivity contribution in [3.8, 4) is 5.75 Å². The van der Waals surface area contributed by atoms with Gasteiger partial charge in [0.1, 0.15) is 5.69 Å². The number of benzene rings is 1. The van der Waals surface area contributed by atoms with Gasteiger partial charge in [-0.1, -0.05) is 17.1 Å². The van der Waals surface area contributed by atoms with Gasteiger partial charge in [0, 0.05) is 6.07 Å². The van der Waals surface area contributed by atoms with Crippen molar-refractivity contribution in [1.29, 1.82) is 0 Å². The van der Waals surface area contributed by atoms with E-state index in [0.717, 1.165) is 11.4 Å². The van der Waals surface area contributed by atoms with E-state index in [1.165, 1.54) is 24.3 Å². The SMILES string of the molecule is Cc1cc(C)[nH+]c(N)n1.O=C(O)c1ccc([O-])cc1. The van der Waals surface area contributed by atoms with Gasteiger partial charge in [0.15, 0.2) is 0 Å². The molecule has 0 amide bonds. The number of aryl methyl sites for hydroxylation is 2. The van der Waals surface area contributed by atoms with E-state index in [-0.39, 0.29) is 11.3 Å². The Morgan fingerprint density at radius 1 is 1.32 bits per heavy atom. The van der Waals surface area contributed by atoms with Crippen LogP contribution in [-0.2, 0) is 0 Å². The molecule has 0 aliphatic rings. The summed E-state index contributed by atoms with van der Waals surface area (Å²) in [5.74, 6) is -0.711. The van der Waals surface area contributed by atoms with E-state index in [1.807, 2.05) is 19.9 Å². The fourth-order valence-electron chi connectivity index (χ4n) is 1.40. The number of nitrogens with two attached hydrogens (primary N) is 1. The predicted octanol–water partition coefficient (Wildman–Crippen LogP) is 0.553. The van der Waals surface area contributed by atoms with Crippen molar-refractivity contribution in [1.82, 2.24) is 4.98 Å². The highest BCUT2D eigenvalue weighted by molar-refractivity contribution is 5.87. The lowest BCUT2D eigenvalue weighted by Crippen LogP contribution is -2.16. The molecule has 6 nitrogen and oxygen atoms in total. The van der Waals surface area contributed by atoms with Crippen LogP contribution in [0.1, 0.15) is 21.7 Å². The van der Waals surface area contributed by atoms with Crippen molar-refractivity contribution in [2.24, 2.45) is 0 Å². The van der Waals surface area contributed by atoms with E-state index in [1.54, 1.807) is 0 Å². The second-order valence-electron chi connectivity index (χ2n) is 3.92. The second kappa shape index (κ2) is 6.34. The zero-order valence-corrected chi connectivity index (χ0v) is 10.7. The maximum absolute atomic E-state index is 10.5. The third-order valence-corrected chi connectivity index (χ3v) is 2.15. The van der Waals surface area contributed by atoms with Crippen molar-refractivity contribution in [2.75, 3.05) is 5.73 Å². The smallest absolute Gasteiger partial charge is 0.387 e. The lowest BCUT2D eigenvalue weighted by Gasteiger charge is -2.02. The molecule has 100 valence electrons.